The highest BCUT2D eigenvalue weighted by molar-refractivity contribution is 5.19. The van der Waals surface area contributed by atoms with E-state index in [2.05, 4.69) is 55.5 Å². The van der Waals surface area contributed by atoms with Crippen LogP contribution < -0.4 is 11.1 Å². The minimum absolute atomic E-state index is 0.367. The van der Waals surface area contributed by atoms with Crippen LogP contribution in [0.15, 0.2) is 30.3 Å². The Labute approximate surface area is 98.6 Å². The summed E-state index contributed by atoms with van der Waals surface area (Å²) in [5.74, 6) is 0. The fraction of sp³-hybridized carbons (Fsp3) is 0.538. The molecule has 0 amide bonds. The van der Waals surface area contributed by atoms with E-state index in [-0.39, 0.29) is 0 Å². The van der Waals surface area contributed by atoms with Crippen LogP contribution in [0.1, 0.15) is 18.5 Å². The van der Waals surface area contributed by atoms with Gasteiger partial charge in [-0.15, -0.1) is 0 Å². The van der Waals surface area contributed by atoms with E-state index in [1.807, 2.05) is 6.07 Å². The average Bonchev–Trinajstić information content (AvgIpc) is 2.30. The van der Waals surface area contributed by atoms with Crippen molar-refractivity contribution >= 4 is 0 Å². The van der Waals surface area contributed by atoms with Crippen LogP contribution in [-0.2, 0) is 0 Å². The molecule has 0 aliphatic rings. The Morgan fingerprint density at radius 2 is 1.88 bits per heavy atom. The molecule has 16 heavy (non-hydrogen) atoms. The lowest BCUT2D eigenvalue weighted by Gasteiger charge is -2.26. The van der Waals surface area contributed by atoms with Crippen LogP contribution in [0, 0.1) is 0 Å². The fourth-order valence-electron chi connectivity index (χ4n) is 1.67. The molecule has 90 valence electrons. The van der Waals surface area contributed by atoms with Gasteiger partial charge in [0.25, 0.3) is 0 Å². The number of benzene rings is 1. The van der Waals surface area contributed by atoms with Gasteiger partial charge in [0.1, 0.15) is 0 Å². The summed E-state index contributed by atoms with van der Waals surface area (Å²) < 4.78 is 0. The quantitative estimate of drug-likeness (QED) is 0.759. The molecule has 0 aliphatic carbocycles. The van der Waals surface area contributed by atoms with Crippen LogP contribution in [-0.4, -0.2) is 38.1 Å². The van der Waals surface area contributed by atoms with Crippen molar-refractivity contribution in [3.8, 4) is 0 Å². The van der Waals surface area contributed by atoms with E-state index < -0.39 is 0 Å². The smallest absolute Gasteiger partial charge is 0.0466 e. The molecule has 1 aromatic rings. The lowest BCUT2D eigenvalue weighted by Crippen LogP contribution is -2.39. The Hall–Kier alpha value is -0.900. The zero-order valence-corrected chi connectivity index (χ0v) is 10.5. The maximum Gasteiger partial charge on any atom is 0.0466 e. The van der Waals surface area contributed by atoms with Crippen LogP contribution in [0.4, 0.5) is 0 Å². The molecule has 3 N–H and O–H groups in total. The van der Waals surface area contributed by atoms with Gasteiger partial charge in [-0.3, -0.25) is 0 Å². The third kappa shape index (κ3) is 3.93. The minimum atomic E-state index is 0.367. The summed E-state index contributed by atoms with van der Waals surface area (Å²) in [6.45, 7) is 3.71. The molecule has 0 fully saturated rings. The first-order chi connectivity index (χ1) is 7.65. The van der Waals surface area contributed by atoms with E-state index in [9.17, 15) is 0 Å². The van der Waals surface area contributed by atoms with Gasteiger partial charge in [0.05, 0.1) is 0 Å². The molecular formula is C13H23N3. The molecule has 0 bridgehead atoms. The van der Waals surface area contributed by atoms with E-state index in [1.54, 1.807) is 0 Å². The van der Waals surface area contributed by atoms with Crippen molar-refractivity contribution in [3.05, 3.63) is 35.9 Å². The molecule has 0 aromatic heterocycles. The summed E-state index contributed by atoms with van der Waals surface area (Å²) in [6, 6.07) is 11.3. The molecule has 0 saturated carbocycles. The number of likely N-dealkylation sites (N-methyl/N-ethyl adjacent to an activating group) is 1. The predicted molar refractivity (Wildman–Crippen MR) is 69.4 cm³/mol. The highest BCUT2D eigenvalue weighted by atomic mass is 15.1. The maximum absolute atomic E-state index is 5.60. The second-order valence-corrected chi connectivity index (χ2v) is 4.44. The zero-order valence-electron chi connectivity index (χ0n) is 10.5. The highest BCUT2D eigenvalue weighted by Crippen LogP contribution is 2.16. The molecule has 2 atom stereocenters. The molecule has 1 rings (SSSR count). The number of hydrogen-bond donors (Lipinski definition) is 2. The molecule has 0 saturated heterocycles. The molecule has 3 heteroatoms. The van der Waals surface area contributed by atoms with E-state index in [0.29, 0.717) is 18.6 Å². The van der Waals surface area contributed by atoms with Crippen LogP contribution in [0.25, 0.3) is 0 Å². The molecule has 1 aromatic carbocycles. The normalized spacial score (nSPS) is 15.1. The van der Waals surface area contributed by atoms with Crippen LogP contribution in [0.5, 0.6) is 0 Å². The summed E-state index contributed by atoms with van der Waals surface area (Å²) in [7, 11) is 4.21. The summed E-state index contributed by atoms with van der Waals surface area (Å²) in [5, 5.41) is 3.45. The average molecular weight is 221 g/mol. The first kappa shape index (κ1) is 13.2. The number of nitrogens with zero attached hydrogens (tertiary/aromatic N) is 1. The van der Waals surface area contributed by atoms with Gasteiger partial charge in [0, 0.05) is 25.2 Å². The topological polar surface area (TPSA) is 41.3 Å². The van der Waals surface area contributed by atoms with Crippen molar-refractivity contribution in [2.75, 3.05) is 27.2 Å². The molecule has 3 nitrogen and oxygen atoms in total. The van der Waals surface area contributed by atoms with E-state index in [0.717, 1.165) is 6.54 Å². The van der Waals surface area contributed by atoms with Gasteiger partial charge >= 0.3 is 0 Å². The van der Waals surface area contributed by atoms with Crippen molar-refractivity contribution in [1.29, 1.82) is 0 Å². The predicted octanol–water partition coefficient (Wildman–Crippen LogP) is 1.23. The van der Waals surface area contributed by atoms with Crippen LogP contribution in [0.3, 0.4) is 0 Å². The Morgan fingerprint density at radius 3 is 2.38 bits per heavy atom. The number of hydrogen-bond acceptors (Lipinski definition) is 3. The number of nitrogens with two attached hydrogens (primary N) is 1. The molecule has 0 heterocycles. The summed E-state index contributed by atoms with van der Waals surface area (Å²) in [4.78, 5) is 2.23. The zero-order chi connectivity index (χ0) is 12.0. The standard InChI is InChI=1S/C13H23N3/c1-11(9-14)15-10-13(16(2)3)12-7-5-4-6-8-12/h4-8,11,13,15H,9-10,14H2,1-3H3. The van der Waals surface area contributed by atoms with E-state index in [1.165, 1.54) is 5.56 Å². The molecule has 0 spiro atoms. The molecular weight excluding hydrogens is 198 g/mol. The largest absolute Gasteiger partial charge is 0.329 e. The van der Waals surface area contributed by atoms with Gasteiger partial charge in [-0.25, -0.2) is 0 Å². The second-order valence-electron chi connectivity index (χ2n) is 4.44. The van der Waals surface area contributed by atoms with E-state index in [4.69, 9.17) is 5.73 Å². The summed E-state index contributed by atoms with van der Waals surface area (Å²) in [5.41, 5.74) is 6.93. The van der Waals surface area contributed by atoms with Gasteiger partial charge in [-0.1, -0.05) is 30.3 Å². The van der Waals surface area contributed by atoms with E-state index >= 15 is 0 Å². The van der Waals surface area contributed by atoms with Crippen molar-refractivity contribution in [1.82, 2.24) is 10.2 Å². The lowest BCUT2D eigenvalue weighted by molar-refractivity contribution is 0.282. The van der Waals surface area contributed by atoms with Crippen LogP contribution in [0.2, 0.25) is 0 Å². The SMILES string of the molecule is CC(CN)NCC(c1ccccc1)N(C)C. The monoisotopic (exact) mass is 221 g/mol. The Morgan fingerprint density at radius 1 is 1.25 bits per heavy atom. The third-order valence-corrected chi connectivity index (χ3v) is 2.82. The maximum atomic E-state index is 5.60. The van der Waals surface area contributed by atoms with Crippen molar-refractivity contribution in [2.24, 2.45) is 5.73 Å². The molecule has 2 unspecified atom stereocenters. The first-order valence-electron chi connectivity index (χ1n) is 5.80. The Kier molecular flexibility index (Phi) is 5.46. The first-order valence-corrected chi connectivity index (χ1v) is 5.80. The Balaban J connectivity index is 2.62. The molecule has 0 radical (unpaired) electrons. The van der Waals surface area contributed by atoms with Gasteiger partial charge in [0.2, 0.25) is 0 Å². The summed E-state index contributed by atoms with van der Waals surface area (Å²) >= 11 is 0. The second kappa shape index (κ2) is 6.63. The van der Waals surface area contributed by atoms with Crippen LogP contribution >= 0.6 is 0 Å². The highest BCUT2D eigenvalue weighted by Gasteiger charge is 2.13. The van der Waals surface area contributed by atoms with Gasteiger partial charge in [0.15, 0.2) is 0 Å². The van der Waals surface area contributed by atoms with Gasteiger partial charge in [-0.05, 0) is 26.6 Å². The van der Waals surface area contributed by atoms with Gasteiger partial charge in [-0.2, -0.15) is 0 Å². The van der Waals surface area contributed by atoms with Crippen molar-refractivity contribution < 1.29 is 0 Å². The summed E-state index contributed by atoms with van der Waals surface area (Å²) in [6.07, 6.45) is 0. The Bertz CT molecular complexity index is 284. The number of rotatable bonds is 6. The molecule has 0 aliphatic heterocycles. The third-order valence-electron chi connectivity index (χ3n) is 2.82. The lowest BCUT2D eigenvalue weighted by atomic mass is 10.1. The van der Waals surface area contributed by atoms with Gasteiger partial charge < -0.3 is 16.0 Å². The van der Waals surface area contributed by atoms with Crippen molar-refractivity contribution in [2.45, 2.75) is 19.0 Å². The fourth-order valence-corrected chi connectivity index (χ4v) is 1.67. The minimum Gasteiger partial charge on any atom is -0.329 e. The van der Waals surface area contributed by atoms with Crippen molar-refractivity contribution in [3.63, 3.8) is 0 Å². The number of nitrogens with one attached hydrogen (secondary N) is 1.